The summed E-state index contributed by atoms with van der Waals surface area (Å²) in [5.74, 6) is -0.679. The number of carbonyl (C=O) groups excluding carboxylic acids is 2. The fourth-order valence-electron chi connectivity index (χ4n) is 4.49. The molecule has 1 atom stereocenters. The highest BCUT2D eigenvalue weighted by Crippen LogP contribution is 2.24. The predicted molar refractivity (Wildman–Crippen MR) is 169 cm³/mol. The van der Waals surface area contributed by atoms with Crippen LogP contribution in [0.2, 0.25) is 0 Å². The minimum Gasteiger partial charge on any atom is -0.399 e. The van der Waals surface area contributed by atoms with Gasteiger partial charge in [0.2, 0.25) is 5.91 Å². The summed E-state index contributed by atoms with van der Waals surface area (Å²) in [4.78, 5) is 44.1. The monoisotopic (exact) mass is 580 g/mol. The molecule has 0 aliphatic rings. The topological polar surface area (TPSA) is 181 Å². The van der Waals surface area contributed by atoms with Crippen LogP contribution in [-0.4, -0.2) is 33.2 Å². The number of carbonyl (C=O) groups is 2. The van der Waals surface area contributed by atoms with Gasteiger partial charge in [-0.05, 0) is 50.1 Å². The van der Waals surface area contributed by atoms with Crippen molar-refractivity contribution in [3.63, 3.8) is 0 Å². The molecule has 3 aromatic carbocycles. The van der Waals surface area contributed by atoms with E-state index in [2.05, 4.69) is 20.9 Å². The number of nitrogens with zero attached hydrogens (tertiary/aromatic N) is 2. The van der Waals surface area contributed by atoms with E-state index in [1.165, 1.54) is 10.8 Å². The lowest BCUT2D eigenvalue weighted by molar-refractivity contribution is -0.121. The summed E-state index contributed by atoms with van der Waals surface area (Å²) in [7, 11) is 0. The Bertz CT molecular complexity index is 1680. The van der Waals surface area contributed by atoms with Crippen LogP contribution in [0.25, 0.3) is 11.3 Å². The van der Waals surface area contributed by atoms with Gasteiger partial charge in [0, 0.05) is 35.0 Å². The Morgan fingerprint density at radius 1 is 0.977 bits per heavy atom. The van der Waals surface area contributed by atoms with Gasteiger partial charge in [-0.1, -0.05) is 54.6 Å². The lowest BCUT2D eigenvalue weighted by Gasteiger charge is -2.18. The van der Waals surface area contributed by atoms with Crippen molar-refractivity contribution in [3.05, 3.63) is 112 Å². The van der Waals surface area contributed by atoms with E-state index in [1.807, 2.05) is 51.1 Å². The molecule has 0 saturated heterocycles. The van der Waals surface area contributed by atoms with Gasteiger partial charge in [-0.3, -0.25) is 24.4 Å². The van der Waals surface area contributed by atoms with Crippen LogP contribution in [0.15, 0.2) is 83.8 Å². The Hall–Kier alpha value is -5.45. The maximum atomic E-state index is 13.5. The van der Waals surface area contributed by atoms with Gasteiger partial charge in [-0.25, -0.2) is 4.98 Å². The molecule has 43 heavy (non-hydrogen) atoms. The highest BCUT2D eigenvalue weighted by molar-refractivity contribution is 5.97. The van der Waals surface area contributed by atoms with E-state index in [0.717, 1.165) is 11.1 Å². The first-order valence-electron chi connectivity index (χ1n) is 13.8. The molecule has 0 spiro atoms. The molecule has 0 fully saturated rings. The number of nitrogens with two attached hydrogens (primary N) is 2. The summed E-state index contributed by atoms with van der Waals surface area (Å²) in [6, 6.07) is 21.0. The van der Waals surface area contributed by atoms with E-state index in [-0.39, 0.29) is 42.7 Å². The predicted octanol–water partition coefficient (Wildman–Crippen LogP) is 3.40. The van der Waals surface area contributed by atoms with Crippen LogP contribution in [0.4, 0.5) is 11.5 Å². The zero-order valence-corrected chi connectivity index (χ0v) is 24.3. The second-order valence-electron chi connectivity index (χ2n) is 10.5. The third kappa shape index (κ3) is 7.85. The summed E-state index contributed by atoms with van der Waals surface area (Å²) < 4.78 is 1.31. The van der Waals surface area contributed by atoms with Crippen LogP contribution in [0.5, 0.6) is 0 Å². The van der Waals surface area contributed by atoms with E-state index in [1.54, 1.807) is 42.5 Å². The van der Waals surface area contributed by atoms with Crippen molar-refractivity contribution in [2.75, 3.05) is 11.1 Å². The van der Waals surface area contributed by atoms with Crippen molar-refractivity contribution in [1.82, 2.24) is 20.2 Å². The quantitative estimate of drug-likeness (QED) is 0.0893. The number of anilines is 2. The minimum atomic E-state index is -0.488. The number of aromatic nitrogens is 2. The zero-order valence-electron chi connectivity index (χ0n) is 24.3. The normalized spacial score (nSPS) is 11.5. The summed E-state index contributed by atoms with van der Waals surface area (Å²) in [5.41, 5.74) is 15.0. The van der Waals surface area contributed by atoms with E-state index in [9.17, 15) is 14.4 Å². The Morgan fingerprint density at radius 2 is 1.67 bits per heavy atom. The maximum absolute atomic E-state index is 13.5. The molecule has 2 amide bonds. The molecule has 11 nitrogen and oxygen atoms in total. The number of amides is 2. The molecule has 1 unspecified atom stereocenters. The van der Waals surface area contributed by atoms with E-state index < -0.39 is 11.5 Å². The lowest BCUT2D eigenvalue weighted by Crippen LogP contribution is -2.35. The molecule has 11 heteroatoms. The van der Waals surface area contributed by atoms with E-state index in [4.69, 9.17) is 16.9 Å². The minimum absolute atomic E-state index is 0.0427. The standard InChI is InChI=1S/C32H36N8O3/c1-19(2)38-30-32(43)40(18-28(41)36-16-21-9-11-23(12-10-21)29(34)35)27(17-37-30)24-13-25(15-26(33)14-24)31(42)39-20(3)22-7-5-4-6-8-22/h4-15,17,19-20H,16,18,33H2,1-3H3,(H3,34,35)(H,36,41)(H,37,38)(H,39,42). The van der Waals surface area contributed by atoms with Crippen molar-refractivity contribution < 1.29 is 9.59 Å². The van der Waals surface area contributed by atoms with Gasteiger partial charge in [0.05, 0.1) is 17.9 Å². The van der Waals surface area contributed by atoms with Gasteiger partial charge in [0.1, 0.15) is 12.4 Å². The van der Waals surface area contributed by atoms with Gasteiger partial charge in [0.25, 0.3) is 11.5 Å². The van der Waals surface area contributed by atoms with Gasteiger partial charge < -0.3 is 27.4 Å². The maximum Gasteiger partial charge on any atom is 0.294 e. The summed E-state index contributed by atoms with van der Waals surface area (Å²) in [5, 5.41) is 16.4. The fourth-order valence-corrected chi connectivity index (χ4v) is 4.49. The highest BCUT2D eigenvalue weighted by atomic mass is 16.2. The van der Waals surface area contributed by atoms with Crippen molar-refractivity contribution in [2.45, 2.75) is 45.9 Å². The number of hydrogen-bond donors (Lipinski definition) is 6. The SMILES string of the molecule is CC(C)Nc1ncc(-c2cc(N)cc(C(=O)NC(C)c3ccccc3)c2)n(CC(=O)NCc2ccc(C(=N)N)cc2)c1=O. The van der Waals surface area contributed by atoms with Crippen molar-refractivity contribution in [2.24, 2.45) is 5.73 Å². The third-order valence-corrected chi connectivity index (χ3v) is 6.70. The Labute approximate surface area is 249 Å². The first kappa shape index (κ1) is 30.5. The van der Waals surface area contributed by atoms with Gasteiger partial charge >= 0.3 is 0 Å². The van der Waals surface area contributed by atoms with Crippen LogP contribution in [0.1, 0.15) is 53.9 Å². The Kier molecular flexibility index (Phi) is 9.56. The van der Waals surface area contributed by atoms with Crippen LogP contribution in [0, 0.1) is 5.41 Å². The first-order chi connectivity index (χ1) is 20.5. The largest absolute Gasteiger partial charge is 0.399 e. The molecule has 0 aliphatic heterocycles. The number of hydrogen-bond acceptors (Lipinski definition) is 7. The molecule has 8 N–H and O–H groups in total. The average molecular weight is 581 g/mol. The highest BCUT2D eigenvalue weighted by Gasteiger charge is 2.18. The molecular weight excluding hydrogens is 544 g/mol. The average Bonchev–Trinajstić information content (AvgIpc) is 2.98. The van der Waals surface area contributed by atoms with Crippen molar-refractivity contribution in [1.29, 1.82) is 5.41 Å². The summed E-state index contributed by atoms with van der Waals surface area (Å²) in [6.07, 6.45) is 1.49. The molecule has 0 aliphatic carbocycles. The Balaban J connectivity index is 1.62. The van der Waals surface area contributed by atoms with Gasteiger partial charge in [-0.2, -0.15) is 0 Å². The van der Waals surface area contributed by atoms with E-state index >= 15 is 0 Å². The molecule has 1 aromatic heterocycles. The smallest absolute Gasteiger partial charge is 0.294 e. The number of benzene rings is 3. The number of nitrogens with one attached hydrogen (secondary N) is 4. The molecular formula is C32H36N8O3. The first-order valence-corrected chi connectivity index (χ1v) is 13.8. The van der Waals surface area contributed by atoms with Crippen LogP contribution < -0.4 is 33.0 Å². The molecule has 0 bridgehead atoms. The number of amidine groups is 1. The third-order valence-electron chi connectivity index (χ3n) is 6.70. The summed E-state index contributed by atoms with van der Waals surface area (Å²) >= 11 is 0. The number of nitrogen functional groups attached to an aromatic ring is 2. The van der Waals surface area contributed by atoms with E-state index in [0.29, 0.717) is 28.1 Å². The Morgan fingerprint density at radius 3 is 2.33 bits per heavy atom. The fraction of sp³-hybridized carbons (Fsp3) is 0.219. The van der Waals surface area contributed by atoms with Gasteiger partial charge in [-0.15, -0.1) is 0 Å². The van der Waals surface area contributed by atoms with Crippen LogP contribution in [0.3, 0.4) is 0 Å². The van der Waals surface area contributed by atoms with Crippen molar-refractivity contribution >= 4 is 29.2 Å². The number of rotatable bonds is 11. The van der Waals surface area contributed by atoms with Crippen LogP contribution in [-0.2, 0) is 17.9 Å². The molecule has 4 aromatic rings. The second-order valence-corrected chi connectivity index (χ2v) is 10.5. The zero-order chi connectivity index (χ0) is 31.1. The summed E-state index contributed by atoms with van der Waals surface area (Å²) in [6.45, 7) is 5.56. The molecule has 1 heterocycles. The lowest BCUT2D eigenvalue weighted by atomic mass is 10.0. The molecule has 4 rings (SSSR count). The van der Waals surface area contributed by atoms with Crippen LogP contribution >= 0.6 is 0 Å². The van der Waals surface area contributed by atoms with Gasteiger partial charge in [0.15, 0.2) is 5.82 Å². The second kappa shape index (κ2) is 13.5. The molecule has 222 valence electrons. The molecule has 0 radical (unpaired) electrons. The van der Waals surface area contributed by atoms with Crippen molar-refractivity contribution in [3.8, 4) is 11.3 Å². The molecule has 0 saturated carbocycles.